The van der Waals surface area contributed by atoms with Gasteiger partial charge in [0.15, 0.2) is 0 Å². The van der Waals surface area contributed by atoms with Gasteiger partial charge in [-0.1, -0.05) is 0 Å². The van der Waals surface area contributed by atoms with Gasteiger partial charge in [-0.15, -0.1) is 25.5 Å². The summed E-state index contributed by atoms with van der Waals surface area (Å²) in [5.74, 6) is 1.10. The summed E-state index contributed by atoms with van der Waals surface area (Å²) in [6.07, 6.45) is -1.97. The molecule has 7 nitrogen and oxygen atoms in total. The molecule has 2 unspecified atom stereocenters. The highest BCUT2D eigenvalue weighted by Crippen LogP contribution is 2.27. The number of nitrogens with one attached hydrogen (secondary N) is 1. The predicted octanol–water partition coefficient (Wildman–Crippen LogP) is 2.23. The molecule has 1 heterocycles. The zero-order valence-electron chi connectivity index (χ0n) is 13.6. The highest BCUT2D eigenvalue weighted by atomic mass is 19.4. The van der Waals surface area contributed by atoms with Crippen LogP contribution >= 0.6 is 0 Å². The number of alkyl carbamates (subject to hydrolysis) is 1. The molecule has 1 aromatic rings. The third-order valence-electron chi connectivity index (χ3n) is 3.26. The number of carbonyl (C=O) groups is 2. The first-order chi connectivity index (χ1) is 12.2. The van der Waals surface area contributed by atoms with E-state index in [1.807, 2.05) is 0 Å². The lowest BCUT2D eigenvalue weighted by atomic mass is 10.2. The van der Waals surface area contributed by atoms with E-state index in [0.717, 1.165) is 17.0 Å². The fourth-order valence-corrected chi connectivity index (χ4v) is 1.95. The number of alkyl halides is 3. The summed E-state index contributed by atoms with van der Waals surface area (Å²) in [6, 6.07) is 4.61. The molecule has 1 aromatic carbocycles. The lowest BCUT2D eigenvalue weighted by Gasteiger charge is -2.15. The molecule has 1 aliphatic heterocycles. The third kappa shape index (κ3) is 5.29. The van der Waals surface area contributed by atoms with Gasteiger partial charge in [-0.25, -0.2) is 4.79 Å². The Bertz CT molecular complexity index is 699. The molecule has 2 atom stereocenters. The summed E-state index contributed by atoms with van der Waals surface area (Å²) >= 11 is 0. The van der Waals surface area contributed by atoms with Crippen LogP contribution in [0.4, 0.5) is 23.7 Å². The fraction of sp³-hybridized carbons (Fsp3) is 0.375. The number of hydrogen-bond acceptors (Lipinski definition) is 5. The average molecular weight is 372 g/mol. The first kappa shape index (κ1) is 19.4. The number of benzene rings is 1. The largest absolute Gasteiger partial charge is 0.573 e. The van der Waals surface area contributed by atoms with E-state index in [1.165, 1.54) is 12.1 Å². The van der Waals surface area contributed by atoms with Crippen molar-refractivity contribution >= 4 is 17.7 Å². The highest BCUT2D eigenvalue weighted by molar-refractivity contribution is 5.98. The Balaban J connectivity index is 1.92. The van der Waals surface area contributed by atoms with Gasteiger partial charge in [0.2, 0.25) is 0 Å². The lowest BCUT2D eigenvalue weighted by Crippen LogP contribution is -2.36. The second kappa shape index (κ2) is 7.97. The van der Waals surface area contributed by atoms with Crippen molar-refractivity contribution in [1.82, 2.24) is 5.32 Å². The Labute approximate surface area is 147 Å². The Kier molecular flexibility index (Phi) is 5.94. The number of amides is 2. The second-order valence-electron chi connectivity index (χ2n) is 5.29. The first-order valence-electron chi connectivity index (χ1n) is 7.39. The molecule has 0 aliphatic carbocycles. The molecular weight excluding hydrogens is 357 g/mol. The second-order valence-corrected chi connectivity index (χ2v) is 5.29. The number of nitrogens with zero attached hydrogens (tertiary/aromatic N) is 1. The van der Waals surface area contributed by atoms with E-state index in [-0.39, 0.29) is 24.9 Å². The minimum absolute atomic E-state index is 0.167. The SMILES string of the molecule is C#CC(C)CNC(=O)OC1OCN(c2ccc(OC(F)(F)F)cc2)C1=O. The van der Waals surface area contributed by atoms with Gasteiger partial charge in [0.05, 0.1) is 0 Å². The number of rotatable bonds is 5. The maximum atomic E-state index is 12.2. The average Bonchev–Trinajstić information content (AvgIpc) is 2.92. The van der Waals surface area contributed by atoms with Crippen molar-refractivity contribution in [3.63, 3.8) is 0 Å². The molecule has 1 aliphatic rings. The molecule has 1 N–H and O–H groups in total. The molecule has 2 amide bonds. The fourth-order valence-electron chi connectivity index (χ4n) is 1.95. The molecule has 0 radical (unpaired) electrons. The van der Waals surface area contributed by atoms with Crippen molar-refractivity contribution < 1.29 is 37.0 Å². The zero-order chi connectivity index (χ0) is 19.3. The van der Waals surface area contributed by atoms with Gasteiger partial charge in [0.1, 0.15) is 12.5 Å². The Morgan fingerprint density at radius 2 is 2.12 bits per heavy atom. The number of halogens is 3. The Morgan fingerprint density at radius 3 is 2.69 bits per heavy atom. The van der Waals surface area contributed by atoms with Gasteiger partial charge < -0.3 is 19.5 Å². The minimum atomic E-state index is -4.81. The maximum absolute atomic E-state index is 12.2. The molecule has 1 saturated heterocycles. The van der Waals surface area contributed by atoms with E-state index >= 15 is 0 Å². The van der Waals surface area contributed by atoms with Crippen molar-refractivity contribution in [2.75, 3.05) is 18.2 Å². The number of anilines is 1. The molecular formula is C16H15F3N2O5. The van der Waals surface area contributed by atoms with Crippen LogP contribution in [-0.4, -0.2) is 37.9 Å². The zero-order valence-corrected chi connectivity index (χ0v) is 13.6. The van der Waals surface area contributed by atoms with Crippen LogP contribution in [0.15, 0.2) is 24.3 Å². The molecule has 0 spiro atoms. The number of hydrogen-bond donors (Lipinski definition) is 1. The molecule has 140 valence electrons. The third-order valence-corrected chi connectivity index (χ3v) is 3.26. The van der Waals surface area contributed by atoms with Crippen LogP contribution in [0.25, 0.3) is 0 Å². The van der Waals surface area contributed by atoms with Gasteiger partial charge >= 0.3 is 12.5 Å². The van der Waals surface area contributed by atoms with Gasteiger partial charge in [-0.05, 0) is 31.2 Å². The van der Waals surface area contributed by atoms with E-state index in [4.69, 9.17) is 15.9 Å². The van der Waals surface area contributed by atoms with Crippen molar-refractivity contribution in [2.45, 2.75) is 19.6 Å². The predicted molar refractivity (Wildman–Crippen MR) is 82.8 cm³/mol. The van der Waals surface area contributed by atoms with Gasteiger partial charge in [0.25, 0.3) is 12.2 Å². The Hall–Kier alpha value is -2.93. The van der Waals surface area contributed by atoms with Gasteiger partial charge in [-0.2, -0.15) is 0 Å². The normalized spacial score (nSPS) is 18.2. The first-order valence-corrected chi connectivity index (χ1v) is 7.39. The summed E-state index contributed by atoms with van der Waals surface area (Å²) in [6.45, 7) is 1.66. The van der Waals surface area contributed by atoms with Crippen molar-refractivity contribution in [3.05, 3.63) is 24.3 Å². The van der Waals surface area contributed by atoms with Crippen LogP contribution in [0, 0.1) is 18.3 Å². The molecule has 10 heteroatoms. The van der Waals surface area contributed by atoms with Crippen LogP contribution in [0.3, 0.4) is 0 Å². The maximum Gasteiger partial charge on any atom is 0.573 e. The van der Waals surface area contributed by atoms with Crippen LogP contribution < -0.4 is 15.0 Å². The molecule has 1 fully saturated rings. The van der Waals surface area contributed by atoms with Gasteiger partial charge in [0, 0.05) is 18.2 Å². The van der Waals surface area contributed by atoms with E-state index in [2.05, 4.69) is 16.0 Å². The van der Waals surface area contributed by atoms with Crippen LogP contribution in [0.1, 0.15) is 6.92 Å². The minimum Gasteiger partial charge on any atom is -0.410 e. The van der Waals surface area contributed by atoms with Crippen molar-refractivity contribution in [3.8, 4) is 18.1 Å². The van der Waals surface area contributed by atoms with Crippen molar-refractivity contribution in [1.29, 1.82) is 0 Å². The molecule has 26 heavy (non-hydrogen) atoms. The monoisotopic (exact) mass is 372 g/mol. The van der Waals surface area contributed by atoms with Crippen molar-refractivity contribution in [2.24, 2.45) is 5.92 Å². The highest BCUT2D eigenvalue weighted by Gasteiger charge is 2.37. The summed E-state index contributed by atoms with van der Waals surface area (Å²) in [4.78, 5) is 24.9. The van der Waals surface area contributed by atoms with Gasteiger partial charge in [-0.3, -0.25) is 9.69 Å². The van der Waals surface area contributed by atoms with Crippen LogP contribution in [0.2, 0.25) is 0 Å². The van der Waals surface area contributed by atoms with E-state index < -0.39 is 30.4 Å². The summed E-state index contributed by atoms with van der Waals surface area (Å²) in [7, 11) is 0. The smallest absolute Gasteiger partial charge is 0.410 e. The number of ether oxygens (including phenoxy) is 3. The molecule has 2 rings (SSSR count). The van der Waals surface area contributed by atoms with E-state index in [1.54, 1.807) is 6.92 Å². The van der Waals surface area contributed by atoms with Crippen LogP contribution in [0.5, 0.6) is 5.75 Å². The Morgan fingerprint density at radius 1 is 1.46 bits per heavy atom. The topological polar surface area (TPSA) is 77.1 Å². The van der Waals surface area contributed by atoms with Crippen LogP contribution in [-0.2, 0) is 14.3 Å². The summed E-state index contributed by atoms with van der Waals surface area (Å²) < 4.78 is 50.1. The summed E-state index contributed by atoms with van der Waals surface area (Å²) in [5.41, 5.74) is 0.261. The molecule has 0 aromatic heterocycles. The molecule has 0 saturated carbocycles. The van der Waals surface area contributed by atoms with E-state index in [9.17, 15) is 22.8 Å². The quantitative estimate of drug-likeness (QED) is 0.802. The number of carbonyl (C=O) groups excluding carboxylic acids is 2. The molecule has 0 bridgehead atoms. The number of terminal acetylenes is 1. The summed E-state index contributed by atoms with van der Waals surface area (Å²) in [5, 5.41) is 2.39. The lowest BCUT2D eigenvalue weighted by molar-refractivity contribution is -0.274. The van der Waals surface area contributed by atoms with E-state index in [0.29, 0.717) is 0 Å². The standard InChI is InChI=1S/C16H15F3N2O5/c1-3-10(2)8-20-15(23)25-14-13(22)21(9-24-14)11-4-6-12(7-5-11)26-16(17,18)19/h1,4-7,10,14H,8-9H2,2H3,(H,20,23).